The van der Waals surface area contributed by atoms with Crippen molar-refractivity contribution in [2.75, 3.05) is 23.4 Å². The molecular formula is C22H21F3N4O3S. The van der Waals surface area contributed by atoms with Crippen LogP contribution in [0.3, 0.4) is 0 Å². The minimum Gasteiger partial charge on any atom is -0.406 e. The zero-order chi connectivity index (χ0) is 23.8. The highest BCUT2D eigenvalue weighted by atomic mass is 32.2. The number of aromatic nitrogens is 2. The number of fused-ring (bicyclic) bond motifs is 1. The van der Waals surface area contributed by atoms with Crippen LogP contribution in [0.5, 0.6) is 5.75 Å². The molecule has 33 heavy (non-hydrogen) atoms. The van der Waals surface area contributed by atoms with Crippen molar-refractivity contribution < 1.29 is 23.0 Å². The molecule has 1 aliphatic heterocycles. The number of anilines is 2. The van der Waals surface area contributed by atoms with Gasteiger partial charge >= 0.3 is 6.36 Å². The third-order valence-corrected chi connectivity index (χ3v) is 5.70. The average molecular weight is 478 g/mol. The smallest absolute Gasteiger partial charge is 0.406 e. The van der Waals surface area contributed by atoms with Crippen molar-refractivity contribution in [3.8, 4) is 11.4 Å². The van der Waals surface area contributed by atoms with Gasteiger partial charge in [0.05, 0.1) is 29.3 Å². The van der Waals surface area contributed by atoms with Crippen molar-refractivity contribution >= 4 is 23.1 Å². The molecule has 2 heterocycles. The highest BCUT2D eigenvalue weighted by molar-refractivity contribution is 7.99. The molecule has 0 unspecified atom stereocenters. The molecule has 4 rings (SSSR count). The van der Waals surface area contributed by atoms with Crippen molar-refractivity contribution in [3.63, 3.8) is 0 Å². The van der Waals surface area contributed by atoms with Crippen LogP contribution in [-0.4, -0.2) is 39.8 Å². The SMILES string of the molecule is CC(C)(O)CN1CNc2ccc(-n3ccnc(Sc4ccc(OC(F)(F)F)cc4)c3=O)cc21. The molecule has 174 valence electrons. The van der Waals surface area contributed by atoms with E-state index in [1.54, 1.807) is 26.1 Å². The van der Waals surface area contributed by atoms with Gasteiger partial charge in [0.1, 0.15) is 5.75 Å². The van der Waals surface area contributed by atoms with Crippen molar-refractivity contribution in [1.29, 1.82) is 0 Å². The van der Waals surface area contributed by atoms with Crippen LogP contribution >= 0.6 is 11.8 Å². The maximum Gasteiger partial charge on any atom is 0.573 e. The van der Waals surface area contributed by atoms with Gasteiger partial charge in [0.15, 0.2) is 5.03 Å². The fraction of sp³-hybridized carbons (Fsp3) is 0.273. The second-order valence-electron chi connectivity index (χ2n) is 8.08. The normalized spacial score (nSPS) is 13.6. The monoisotopic (exact) mass is 478 g/mol. The second-order valence-corrected chi connectivity index (χ2v) is 9.14. The Labute approximate surface area is 191 Å². The Morgan fingerprint density at radius 3 is 2.58 bits per heavy atom. The van der Waals surface area contributed by atoms with Gasteiger partial charge < -0.3 is 20.1 Å². The minimum absolute atomic E-state index is 0.175. The lowest BCUT2D eigenvalue weighted by molar-refractivity contribution is -0.274. The summed E-state index contributed by atoms with van der Waals surface area (Å²) in [6.07, 6.45) is -1.72. The third kappa shape index (κ3) is 5.60. The molecule has 0 aliphatic carbocycles. The van der Waals surface area contributed by atoms with Crippen LogP contribution in [0, 0.1) is 0 Å². The van der Waals surface area contributed by atoms with Gasteiger partial charge in [-0.25, -0.2) is 4.98 Å². The van der Waals surface area contributed by atoms with E-state index in [1.807, 2.05) is 17.0 Å². The quantitative estimate of drug-likeness (QED) is 0.549. The number of nitrogens with zero attached hydrogens (tertiary/aromatic N) is 3. The van der Waals surface area contributed by atoms with E-state index >= 15 is 0 Å². The first-order valence-electron chi connectivity index (χ1n) is 9.95. The van der Waals surface area contributed by atoms with Crippen LogP contribution in [0.25, 0.3) is 5.69 Å². The molecule has 0 saturated heterocycles. The van der Waals surface area contributed by atoms with E-state index in [2.05, 4.69) is 15.0 Å². The number of alkyl halides is 3. The summed E-state index contributed by atoms with van der Waals surface area (Å²) in [5, 5.41) is 13.6. The second kappa shape index (κ2) is 8.64. The summed E-state index contributed by atoms with van der Waals surface area (Å²) < 4.78 is 42.3. The fourth-order valence-corrected chi connectivity index (χ4v) is 4.24. The molecule has 11 heteroatoms. The van der Waals surface area contributed by atoms with Crippen LogP contribution in [-0.2, 0) is 0 Å². The molecule has 0 bridgehead atoms. The zero-order valence-electron chi connectivity index (χ0n) is 17.8. The van der Waals surface area contributed by atoms with E-state index in [0.717, 1.165) is 23.1 Å². The van der Waals surface area contributed by atoms with Crippen molar-refractivity contribution in [1.82, 2.24) is 9.55 Å². The van der Waals surface area contributed by atoms with Crippen molar-refractivity contribution in [2.45, 2.75) is 35.7 Å². The Bertz CT molecular complexity index is 1210. The number of ether oxygens (including phenoxy) is 1. The first-order valence-corrected chi connectivity index (χ1v) is 10.8. The van der Waals surface area contributed by atoms with E-state index in [-0.39, 0.29) is 16.3 Å². The summed E-state index contributed by atoms with van der Waals surface area (Å²) >= 11 is 1.05. The van der Waals surface area contributed by atoms with E-state index in [0.29, 0.717) is 23.8 Å². The zero-order valence-corrected chi connectivity index (χ0v) is 18.6. The topological polar surface area (TPSA) is 79.6 Å². The molecule has 0 radical (unpaired) electrons. The summed E-state index contributed by atoms with van der Waals surface area (Å²) in [7, 11) is 0. The molecular weight excluding hydrogens is 457 g/mol. The summed E-state index contributed by atoms with van der Waals surface area (Å²) in [5.41, 5.74) is 1.14. The van der Waals surface area contributed by atoms with Gasteiger partial charge in [-0.15, -0.1) is 13.2 Å². The lowest BCUT2D eigenvalue weighted by Gasteiger charge is -2.26. The highest BCUT2D eigenvalue weighted by Crippen LogP contribution is 2.34. The Balaban J connectivity index is 1.58. The van der Waals surface area contributed by atoms with Crippen LogP contribution in [0.2, 0.25) is 0 Å². The van der Waals surface area contributed by atoms with Crippen LogP contribution in [0.15, 0.2) is 69.6 Å². The molecule has 1 aromatic heterocycles. The van der Waals surface area contributed by atoms with Gasteiger partial charge in [0, 0.05) is 23.8 Å². The van der Waals surface area contributed by atoms with Crippen molar-refractivity contribution in [2.24, 2.45) is 0 Å². The predicted molar refractivity (Wildman–Crippen MR) is 119 cm³/mol. The van der Waals surface area contributed by atoms with Crippen LogP contribution in [0.4, 0.5) is 24.5 Å². The molecule has 0 atom stereocenters. The summed E-state index contributed by atoms with van der Waals surface area (Å²) in [6.45, 7) is 4.42. The summed E-state index contributed by atoms with van der Waals surface area (Å²) in [5.74, 6) is -0.340. The van der Waals surface area contributed by atoms with E-state index in [9.17, 15) is 23.1 Å². The van der Waals surface area contributed by atoms with Gasteiger partial charge in [0.2, 0.25) is 0 Å². The van der Waals surface area contributed by atoms with Crippen LogP contribution in [0.1, 0.15) is 13.8 Å². The molecule has 0 spiro atoms. The molecule has 2 aromatic carbocycles. The maximum atomic E-state index is 13.1. The molecule has 1 aliphatic rings. The van der Waals surface area contributed by atoms with Gasteiger partial charge in [0.25, 0.3) is 5.56 Å². The van der Waals surface area contributed by atoms with Gasteiger partial charge in [-0.3, -0.25) is 9.36 Å². The number of β-amino-alcohol motifs (C(OH)–C–C–N with tert-alkyl or cyclic N) is 1. The highest BCUT2D eigenvalue weighted by Gasteiger charge is 2.31. The van der Waals surface area contributed by atoms with Crippen LogP contribution < -0.4 is 20.5 Å². The Morgan fingerprint density at radius 1 is 1.18 bits per heavy atom. The predicted octanol–water partition coefficient (Wildman–Crippen LogP) is 4.24. The van der Waals surface area contributed by atoms with E-state index < -0.39 is 12.0 Å². The van der Waals surface area contributed by atoms with Gasteiger partial charge in [-0.1, -0.05) is 11.8 Å². The lowest BCUT2D eigenvalue weighted by Crippen LogP contribution is -2.38. The fourth-order valence-electron chi connectivity index (χ4n) is 3.44. The van der Waals surface area contributed by atoms with E-state index in [4.69, 9.17) is 0 Å². The van der Waals surface area contributed by atoms with Crippen molar-refractivity contribution in [3.05, 3.63) is 65.2 Å². The molecule has 0 amide bonds. The molecule has 0 saturated carbocycles. The number of hydrogen-bond acceptors (Lipinski definition) is 7. The number of aliphatic hydroxyl groups is 1. The maximum absolute atomic E-state index is 13.1. The number of hydrogen-bond donors (Lipinski definition) is 2. The third-order valence-electron chi connectivity index (χ3n) is 4.72. The lowest BCUT2D eigenvalue weighted by atomic mass is 10.1. The molecule has 2 N–H and O–H groups in total. The summed E-state index contributed by atoms with van der Waals surface area (Å²) in [6, 6.07) is 10.8. The van der Waals surface area contributed by atoms with Gasteiger partial charge in [-0.2, -0.15) is 0 Å². The Kier molecular flexibility index (Phi) is 6.02. The Hall–Kier alpha value is -3.18. The molecule has 0 fully saturated rings. The minimum atomic E-state index is -4.77. The Morgan fingerprint density at radius 2 is 1.91 bits per heavy atom. The first kappa shape index (κ1) is 23.0. The molecule has 3 aromatic rings. The van der Waals surface area contributed by atoms with Gasteiger partial charge in [-0.05, 0) is 56.3 Å². The standard InChI is InChI=1S/C22H21F3N4O3S/c1-21(2,31)12-28-13-27-17-8-3-14(11-18(17)28)29-10-9-26-19(20(29)30)33-16-6-4-15(5-7-16)32-22(23,24)25/h3-11,27,31H,12-13H2,1-2H3. The number of nitrogens with one attached hydrogen (secondary N) is 1. The number of rotatable bonds is 6. The number of halogens is 3. The van der Waals surface area contributed by atoms with E-state index in [1.165, 1.54) is 35.0 Å². The largest absolute Gasteiger partial charge is 0.573 e. The average Bonchev–Trinajstić information content (AvgIpc) is 3.10. The molecule has 7 nitrogen and oxygen atoms in total. The number of benzene rings is 2. The summed E-state index contributed by atoms with van der Waals surface area (Å²) in [4.78, 5) is 19.8. The first-order chi connectivity index (χ1) is 15.5.